The minimum atomic E-state index is -0.0132. The standard InChI is InChI=1S/C19H30N4O2/c1-13(24)20-7-8-23-11-15-6-5-14-10-22(12-16(14)18(15)21-23)17(25)9-19(2,3)4/h11,14,16H,5-10,12H2,1-4H3,(H,20,24)/t14-,16+/m1/s1. The van der Waals surface area contributed by atoms with Gasteiger partial charge in [0.2, 0.25) is 11.8 Å². The largest absolute Gasteiger partial charge is 0.354 e. The Morgan fingerprint density at radius 3 is 2.76 bits per heavy atom. The van der Waals surface area contributed by atoms with Crippen molar-refractivity contribution >= 4 is 11.8 Å². The molecular weight excluding hydrogens is 316 g/mol. The predicted molar refractivity (Wildman–Crippen MR) is 96.1 cm³/mol. The Hall–Kier alpha value is -1.85. The van der Waals surface area contributed by atoms with Crippen LogP contribution in [0.1, 0.15) is 57.7 Å². The Balaban J connectivity index is 1.66. The molecule has 0 bridgehead atoms. The maximum Gasteiger partial charge on any atom is 0.223 e. The molecule has 6 heteroatoms. The second kappa shape index (κ2) is 6.81. The highest BCUT2D eigenvalue weighted by atomic mass is 16.2. The Morgan fingerprint density at radius 1 is 1.32 bits per heavy atom. The maximum atomic E-state index is 12.6. The van der Waals surface area contributed by atoms with Crippen LogP contribution in [0.2, 0.25) is 0 Å². The number of likely N-dealkylation sites (tertiary alicyclic amines) is 1. The van der Waals surface area contributed by atoms with Crippen LogP contribution in [0.3, 0.4) is 0 Å². The molecule has 3 rings (SSSR count). The van der Waals surface area contributed by atoms with Gasteiger partial charge < -0.3 is 10.2 Å². The van der Waals surface area contributed by atoms with Crippen LogP contribution in [0, 0.1) is 11.3 Å². The van der Waals surface area contributed by atoms with Gasteiger partial charge in [-0.3, -0.25) is 14.3 Å². The zero-order valence-electron chi connectivity index (χ0n) is 15.8. The summed E-state index contributed by atoms with van der Waals surface area (Å²) in [7, 11) is 0. The van der Waals surface area contributed by atoms with Crippen molar-refractivity contribution in [1.82, 2.24) is 20.0 Å². The lowest BCUT2D eigenvalue weighted by atomic mass is 9.81. The molecule has 25 heavy (non-hydrogen) atoms. The third-order valence-corrected chi connectivity index (χ3v) is 5.20. The van der Waals surface area contributed by atoms with Crippen LogP contribution >= 0.6 is 0 Å². The first kappa shape index (κ1) is 18.0. The number of rotatable bonds is 4. The molecule has 2 heterocycles. The number of aryl methyl sites for hydroxylation is 1. The number of carbonyl (C=O) groups excluding carboxylic acids is 2. The van der Waals surface area contributed by atoms with E-state index in [0.717, 1.165) is 25.9 Å². The van der Waals surface area contributed by atoms with Gasteiger partial charge in [0.25, 0.3) is 0 Å². The molecule has 6 nitrogen and oxygen atoms in total. The van der Waals surface area contributed by atoms with Crippen LogP contribution in [-0.4, -0.2) is 46.1 Å². The third-order valence-electron chi connectivity index (χ3n) is 5.20. The van der Waals surface area contributed by atoms with Crippen molar-refractivity contribution in [3.8, 4) is 0 Å². The monoisotopic (exact) mass is 346 g/mol. The number of amides is 2. The summed E-state index contributed by atoms with van der Waals surface area (Å²) in [6.07, 6.45) is 4.89. The fraction of sp³-hybridized carbons (Fsp3) is 0.737. The van der Waals surface area contributed by atoms with Gasteiger partial charge in [0.1, 0.15) is 0 Å². The molecule has 2 atom stereocenters. The van der Waals surface area contributed by atoms with Gasteiger partial charge in [-0.25, -0.2) is 0 Å². The van der Waals surface area contributed by atoms with Crippen LogP contribution < -0.4 is 5.32 Å². The van der Waals surface area contributed by atoms with E-state index < -0.39 is 0 Å². The van der Waals surface area contributed by atoms with E-state index in [9.17, 15) is 9.59 Å². The van der Waals surface area contributed by atoms with Crippen molar-refractivity contribution in [2.75, 3.05) is 19.6 Å². The SMILES string of the molecule is CC(=O)NCCn1cc2c(n1)[C@H]1CN(C(=O)CC(C)(C)C)C[C@H]1CC2. The molecule has 1 aromatic heterocycles. The van der Waals surface area contributed by atoms with E-state index in [1.54, 1.807) is 0 Å². The molecule has 1 aliphatic carbocycles. The van der Waals surface area contributed by atoms with Gasteiger partial charge in [0, 0.05) is 45.1 Å². The number of carbonyl (C=O) groups is 2. The summed E-state index contributed by atoms with van der Waals surface area (Å²) in [4.78, 5) is 25.6. The molecule has 0 radical (unpaired) electrons. The molecule has 0 aromatic carbocycles. The highest BCUT2D eigenvalue weighted by molar-refractivity contribution is 5.77. The Morgan fingerprint density at radius 2 is 2.08 bits per heavy atom. The number of hydrogen-bond acceptors (Lipinski definition) is 3. The predicted octanol–water partition coefficient (Wildman–Crippen LogP) is 1.94. The van der Waals surface area contributed by atoms with Crippen molar-refractivity contribution in [2.24, 2.45) is 11.3 Å². The first-order chi connectivity index (χ1) is 11.7. The Bertz CT molecular complexity index is 659. The van der Waals surface area contributed by atoms with E-state index in [4.69, 9.17) is 5.10 Å². The van der Waals surface area contributed by atoms with Gasteiger partial charge in [-0.05, 0) is 29.7 Å². The third kappa shape index (κ3) is 4.22. The molecule has 0 unspecified atom stereocenters. The molecule has 1 fully saturated rings. The van der Waals surface area contributed by atoms with Gasteiger partial charge in [0.15, 0.2) is 0 Å². The Kier molecular flexibility index (Phi) is 4.89. The van der Waals surface area contributed by atoms with Gasteiger partial charge >= 0.3 is 0 Å². The smallest absolute Gasteiger partial charge is 0.223 e. The van der Waals surface area contributed by atoms with E-state index >= 15 is 0 Å². The van der Waals surface area contributed by atoms with Gasteiger partial charge in [-0.1, -0.05) is 20.8 Å². The molecule has 0 spiro atoms. The average molecular weight is 346 g/mol. The van der Waals surface area contributed by atoms with Crippen LogP contribution in [0.4, 0.5) is 0 Å². The second-order valence-corrected chi connectivity index (χ2v) is 8.73. The highest BCUT2D eigenvalue weighted by Crippen LogP contribution is 2.41. The van der Waals surface area contributed by atoms with Crippen LogP contribution in [0.25, 0.3) is 0 Å². The van der Waals surface area contributed by atoms with E-state index in [2.05, 4.69) is 32.3 Å². The molecule has 1 saturated heterocycles. The van der Waals surface area contributed by atoms with E-state index in [1.165, 1.54) is 18.2 Å². The quantitative estimate of drug-likeness (QED) is 0.906. The van der Waals surface area contributed by atoms with Crippen LogP contribution in [0.5, 0.6) is 0 Å². The first-order valence-electron chi connectivity index (χ1n) is 9.31. The molecule has 1 aliphatic heterocycles. The summed E-state index contributed by atoms with van der Waals surface area (Å²) in [6.45, 7) is 10.8. The number of aromatic nitrogens is 2. The van der Waals surface area contributed by atoms with E-state index in [-0.39, 0.29) is 17.2 Å². The number of nitrogens with one attached hydrogen (secondary N) is 1. The minimum Gasteiger partial charge on any atom is -0.354 e. The summed E-state index contributed by atoms with van der Waals surface area (Å²) in [6, 6.07) is 0. The van der Waals surface area contributed by atoms with Crippen LogP contribution in [0.15, 0.2) is 6.20 Å². The normalized spacial score (nSPS) is 22.5. The number of fused-ring (bicyclic) bond motifs is 3. The van der Waals surface area contributed by atoms with Crippen molar-refractivity contribution in [2.45, 2.75) is 59.4 Å². The molecule has 1 N–H and O–H groups in total. The van der Waals surface area contributed by atoms with Crippen molar-refractivity contribution in [1.29, 1.82) is 0 Å². The fourth-order valence-corrected chi connectivity index (χ4v) is 4.03. The first-order valence-corrected chi connectivity index (χ1v) is 9.31. The zero-order valence-corrected chi connectivity index (χ0v) is 15.8. The summed E-state index contributed by atoms with van der Waals surface area (Å²) >= 11 is 0. The van der Waals surface area contributed by atoms with Crippen LogP contribution in [-0.2, 0) is 22.6 Å². The summed E-state index contributed by atoms with van der Waals surface area (Å²) in [5.74, 6) is 1.17. The van der Waals surface area contributed by atoms with Gasteiger partial charge in [-0.2, -0.15) is 5.10 Å². The van der Waals surface area contributed by atoms with Crippen molar-refractivity contribution in [3.63, 3.8) is 0 Å². The molecule has 138 valence electrons. The average Bonchev–Trinajstić information content (AvgIpc) is 3.07. The summed E-state index contributed by atoms with van der Waals surface area (Å²) in [5, 5.41) is 7.60. The van der Waals surface area contributed by atoms with E-state index in [0.29, 0.717) is 31.3 Å². The minimum absolute atomic E-state index is 0.0132. The van der Waals surface area contributed by atoms with E-state index in [1.807, 2.05) is 9.58 Å². The van der Waals surface area contributed by atoms with Gasteiger partial charge in [0.05, 0.1) is 12.2 Å². The van der Waals surface area contributed by atoms with Crippen molar-refractivity contribution < 1.29 is 9.59 Å². The Labute approximate surface area is 149 Å². The lowest BCUT2D eigenvalue weighted by Gasteiger charge is -2.23. The maximum absolute atomic E-state index is 12.6. The molecule has 0 saturated carbocycles. The number of hydrogen-bond donors (Lipinski definition) is 1. The molecule has 2 aliphatic rings. The highest BCUT2D eigenvalue weighted by Gasteiger charge is 2.41. The lowest BCUT2D eigenvalue weighted by molar-refractivity contribution is -0.132. The van der Waals surface area contributed by atoms with Gasteiger partial charge in [-0.15, -0.1) is 0 Å². The molecule has 2 amide bonds. The fourth-order valence-electron chi connectivity index (χ4n) is 4.03. The second-order valence-electron chi connectivity index (χ2n) is 8.73. The molecule has 1 aromatic rings. The summed E-state index contributed by atoms with van der Waals surface area (Å²) in [5.41, 5.74) is 2.51. The van der Waals surface area contributed by atoms with Crippen molar-refractivity contribution in [3.05, 3.63) is 17.5 Å². The lowest BCUT2D eigenvalue weighted by Crippen LogP contribution is -2.31. The summed E-state index contributed by atoms with van der Waals surface area (Å²) < 4.78 is 1.95. The number of nitrogens with zero attached hydrogens (tertiary/aromatic N) is 3. The molecular formula is C19H30N4O2. The topological polar surface area (TPSA) is 67.2 Å². The zero-order chi connectivity index (χ0) is 18.2.